The van der Waals surface area contributed by atoms with Gasteiger partial charge in [0.1, 0.15) is 5.78 Å². The van der Waals surface area contributed by atoms with Crippen LogP contribution in [0.2, 0.25) is 5.02 Å². The van der Waals surface area contributed by atoms with Gasteiger partial charge in [-0.2, -0.15) is 4.31 Å². The first kappa shape index (κ1) is 25.6. The van der Waals surface area contributed by atoms with Gasteiger partial charge in [-0.3, -0.25) is 9.59 Å². The third-order valence-corrected chi connectivity index (χ3v) is 7.51. The smallest absolute Gasteiger partial charge is 0.251 e. The summed E-state index contributed by atoms with van der Waals surface area (Å²) in [5.41, 5.74) is 2.02. The van der Waals surface area contributed by atoms with Crippen molar-refractivity contribution >= 4 is 33.3 Å². The molecule has 1 atom stereocenters. The summed E-state index contributed by atoms with van der Waals surface area (Å²) < 4.78 is 28.9. The predicted molar refractivity (Wildman–Crippen MR) is 133 cm³/mol. The van der Waals surface area contributed by atoms with Crippen molar-refractivity contribution in [2.75, 3.05) is 6.54 Å². The zero-order chi connectivity index (χ0) is 24.7. The number of hydrogen-bond donors (Lipinski definition) is 1. The molecule has 0 aromatic heterocycles. The molecule has 8 heteroatoms. The molecule has 0 bridgehead atoms. The van der Waals surface area contributed by atoms with Crippen LogP contribution in [0.1, 0.15) is 47.8 Å². The first-order valence-electron chi connectivity index (χ1n) is 10.9. The second-order valence-electron chi connectivity index (χ2n) is 7.92. The molecule has 3 aromatic rings. The fourth-order valence-corrected chi connectivity index (χ4v) is 5.44. The summed E-state index contributed by atoms with van der Waals surface area (Å²) in [6.07, 6.45) is 0.572. The van der Waals surface area contributed by atoms with Gasteiger partial charge in [-0.1, -0.05) is 61.0 Å². The number of benzene rings is 3. The highest BCUT2D eigenvalue weighted by Crippen LogP contribution is 2.32. The molecule has 178 valence electrons. The van der Waals surface area contributed by atoms with Gasteiger partial charge in [-0.25, -0.2) is 8.42 Å². The van der Waals surface area contributed by atoms with E-state index < -0.39 is 10.0 Å². The van der Waals surface area contributed by atoms with E-state index in [1.54, 1.807) is 36.4 Å². The van der Waals surface area contributed by atoms with Gasteiger partial charge in [0.05, 0.1) is 17.5 Å². The van der Waals surface area contributed by atoms with Gasteiger partial charge >= 0.3 is 0 Å². The average molecular weight is 499 g/mol. The van der Waals surface area contributed by atoms with Crippen LogP contribution < -0.4 is 5.32 Å². The average Bonchev–Trinajstić information content (AvgIpc) is 2.83. The lowest BCUT2D eigenvalue weighted by Crippen LogP contribution is -2.34. The second kappa shape index (κ2) is 11.4. The van der Waals surface area contributed by atoms with Crippen LogP contribution in [0.5, 0.6) is 0 Å². The van der Waals surface area contributed by atoms with E-state index in [1.165, 1.54) is 23.4 Å². The summed E-state index contributed by atoms with van der Waals surface area (Å²) in [6.45, 7) is 3.43. The lowest BCUT2D eigenvalue weighted by Gasteiger charge is -2.31. The number of halogens is 1. The number of amides is 1. The first-order valence-corrected chi connectivity index (χ1v) is 12.7. The van der Waals surface area contributed by atoms with Gasteiger partial charge in [0.15, 0.2) is 0 Å². The van der Waals surface area contributed by atoms with Gasteiger partial charge in [0, 0.05) is 17.1 Å². The molecule has 0 radical (unpaired) electrons. The summed E-state index contributed by atoms with van der Waals surface area (Å²) in [7, 11) is -3.86. The zero-order valence-corrected chi connectivity index (χ0v) is 20.6. The van der Waals surface area contributed by atoms with Crippen molar-refractivity contribution < 1.29 is 18.0 Å². The van der Waals surface area contributed by atoms with Crippen molar-refractivity contribution in [2.45, 2.75) is 37.8 Å². The van der Waals surface area contributed by atoms with Crippen LogP contribution in [0.4, 0.5) is 0 Å². The van der Waals surface area contributed by atoms with Crippen LogP contribution in [0.3, 0.4) is 0 Å². The second-order valence-corrected chi connectivity index (χ2v) is 10.2. The molecule has 0 spiro atoms. The highest BCUT2D eigenvalue weighted by molar-refractivity contribution is 7.89. The van der Waals surface area contributed by atoms with Crippen molar-refractivity contribution in [1.29, 1.82) is 0 Å². The molecule has 0 fully saturated rings. The van der Waals surface area contributed by atoms with E-state index in [0.717, 1.165) is 11.1 Å². The Bertz CT molecular complexity index is 1230. The van der Waals surface area contributed by atoms with Crippen LogP contribution in [0, 0.1) is 0 Å². The highest BCUT2D eigenvalue weighted by atomic mass is 35.5. The summed E-state index contributed by atoms with van der Waals surface area (Å²) in [5.74, 6) is -0.498. The molecule has 1 N–H and O–H groups in total. The number of sulfonamides is 1. The van der Waals surface area contributed by atoms with Crippen LogP contribution in [0.25, 0.3) is 0 Å². The number of carbonyl (C=O) groups is 2. The number of Topliss-reactive ketones (excluding diaryl/α,β-unsaturated/α-hetero) is 1. The normalized spacial score (nSPS) is 12.4. The number of nitrogens with one attached hydrogen (secondary N) is 1. The molecule has 0 aliphatic rings. The lowest BCUT2D eigenvalue weighted by molar-refractivity contribution is -0.116. The molecule has 0 aliphatic heterocycles. The predicted octanol–water partition coefficient (Wildman–Crippen LogP) is 5.00. The monoisotopic (exact) mass is 498 g/mol. The fraction of sp³-hybridized carbons (Fsp3) is 0.231. The Hall–Kier alpha value is -3.00. The Morgan fingerprint density at radius 2 is 1.56 bits per heavy atom. The number of ketones is 1. The summed E-state index contributed by atoms with van der Waals surface area (Å²) in [5, 5.41) is 3.01. The maximum absolute atomic E-state index is 13.7. The minimum Gasteiger partial charge on any atom is -0.345 e. The van der Waals surface area contributed by atoms with Gasteiger partial charge in [-0.05, 0) is 60.9 Å². The Kier molecular flexibility index (Phi) is 8.61. The van der Waals surface area contributed by atoms with Crippen LogP contribution >= 0.6 is 11.6 Å². The molecule has 6 nitrogen and oxygen atoms in total. The highest BCUT2D eigenvalue weighted by Gasteiger charge is 2.31. The number of nitrogens with zero attached hydrogens (tertiary/aromatic N) is 1. The molecule has 0 aliphatic carbocycles. The third kappa shape index (κ3) is 6.32. The third-order valence-electron chi connectivity index (χ3n) is 5.39. The maximum atomic E-state index is 13.7. The molecule has 1 unspecified atom stereocenters. The van der Waals surface area contributed by atoms with E-state index in [-0.39, 0.29) is 35.7 Å². The van der Waals surface area contributed by atoms with E-state index >= 15 is 0 Å². The Morgan fingerprint density at radius 3 is 2.12 bits per heavy atom. The molecule has 0 saturated carbocycles. The standard InChI is InChI=1S/C26H27ClN2O4S/c1-3-25(21-7-5-4-6-8-21)29(34(32,33)24-15-13-23(27)14-16-24)18-20-9-11-22(12-10-20)26(31)28-17-19(2)30/h4-16,25H,3,17-18H2,1-2H3,(H,28,31). The maximum Gasteiger partial charge on any atom is 0.251 e. The summed E-state index contributed by atoms with van der Waals surface area (Å²) in [4.78, 5) is 23.5. The van der Waals surface area contributed by atoms with Crippen molar-refractivity contribution in [3.8, 4) is 0 Å². The zero-order valence-electron chi connectivity index (χ0n) is 19.1. The molecule has 3 aromatic carbocycles. The molecule has 34 heavy (non-hydrogen) atoms. The lowest BCUT2D eigenvalue weighted by atomic mass is 10.0. The largest absolute Gasteiger partial charge is 0.345 e. The van der Waals surface area contributed by atoms with E-state index in [9.17, 15) is 18.0 Å². The number of carbonyl (C=O) groups excluding carboxylic acids is 2. The molecular formula is C26H27ClN2O4S. The summed E-state index contributed by atoms with van der Waals surface area (Å²) >= 11 is 5.98. The minimum absolute atomic E-state index is 0.0387. The first-order chi connectivity index (χ1) is 16.2. The van der Waals surface area contributed by atoms with Gasteiger partial charge in [0.2, 0.25) is 10.0 Å². The summed E-state index contributed by atoms with van der Waals surface area (Å²) in [6, 6.07) is 22.0. The SMILES string of the molecule is CCC(c1ccccc1)N(Cc1ccc(C(=O)NCC(C)=O)cc1)S(=O)(=O)c1ccc(Cl)cc1. The van der Waals surface area contributed by atoms with Crippen molar-refractivity contribution in [1.82, 2.24) is 9.62 Å². The van der Waals surface area contributed by atoms with Crippen molar-refractivity contribution in [2.24, 2.45) is 0 Å². The van der Waals surface area contributed by atoms with Gasteiger partial charge in [0.25, 0.3) is 5.91 Å². The van der Waals surface area contributed by atoms with Gasteiger partial charge in [-0.15, -0.1) is 0 Å². The molecule has 0 saturated heterocycles. The van der Waals surface area contributed by atoms with Crippen LogP contribution in [-0.4, -0.2) is 31.0 Å². The minimum atomic E-state index is -3.86. The van der Waals surface area contributed by atoms with E-state index in [0.29, 0.717) is 17.0 Å². The Labute approximate surface area is 205 Å². The Morgan fingerprint density at radius 1 is 0.941 bits per heavy atom. The molecule has 3 rings (SSSR count). The van der Waals surface area contributed by atoms with Crippen LogP contribution in [0.15, 0.2) is 83.8 Å². The number of hydrogen-bond acceptors (Lipinski definition) is 4. The van der Waals surface area contributed by atoms with Crippen molar-refractivity contribution in [3.63, 3.8) is 0 Å². The molecular weight excluding hydrogens is 472 g/mol. The van der Waals surface area contributed by atoms with E-state index in [2.05, 4.69) is 5.32 Å². The number of rotatable bonds is 10. The fourth-order valence-electron chi connectivity index (χ4n) is 3.63. The molecule has 0 heterocycles. The quantitative estimate of drug-likeness (QED) is 0.426. The topological polar surface area (TPSA) is 83.6 Å². The van der Waals surface area contributed by atoms with Gasteiger partial charge < -0.3 is 5.32 Å². The Balaban J connectivity index is 1.95. The van der Waals surface area contributed by atoms with Crippen LogP contribution in [-0.2, 0) is 21.4 Å². The molecule has 1 amide bonds. The van der Waals surface area contributed by atoms with E-state index in [4.69, 9.17) is 11.6 Å². The van der Waals surface area contributed by atoms with E-state index in [1.807, 2.05) is 37.3 Å². The van der Waals surface area contributed by atoms with Crippen molar-refractivity contribution in [3.05, 3.63) is 101 Å².